The summed E-state index contributed by atoms with van der Waals surface area (Å²) in [4.78, 5) is 12.4. The van der Waals surface area contributed by atoms with E-state index in [1.165, 1.54) is 0 Å². The van der Waals surface area contributed by atoms with Crippen LogP contribution in [-0.4, -0.2) is 18.1 Å². The summed E-state index contributed by atoms with van der Waals surface area (Å²) in [5.41, 5.74) is 1.00. The third-order valence-corrected chi connectivity index (χ3v) is 3.73. The summed E-state index contributed by atoms with van der Waals surface area (Å²) >= 11 is 5.95. The molecule has 0 aliphatic heterocycles. The zero-order valence-corrected chi connectivity index (χ0v) is 15.5. The Morgan fingerprint density at radius 2 is 1.80 bits per heavy atom. The second-order valence-corrected chi connectivity index (χ2v) is 6.44. The van der Waals surface area contributed by atoms with Crippen molar-refractivity contribution in [3.8, 4) is 11.5 Å². The molecule has 1 amide bonds. The Morgan fingerprint density at radius 1 is 1.08 bits per heavy atom. The van der Waals surface area contributed by atoms with Gasteiger partial charge in [-0.15, -0.1) is 0 Å². The molecule has 25 heavy (non-hydrogen) atoms. The van der Waals surface area contributed by atoms with Crippen molar-refractivity contribution >= 4 is 17.5 Å². The summed E-state index contributed by atoms with van der Waals surface area (Å²) in [5.74, 6) is 1.26. The molecule has 0 bridgehead atoms. The molecule has 0 aliphatic rings. The van der Waals surface area contributed by atoms with Crippen molar-refractivity contribution in [3.63, 3.8) is 0 Å². The predicted octanol–water partition coefficient (Wildman–Crippen LogP) is 4.60. The molecule has 2 aromatic rings. The van der Waals surface area contributed by atoms with E-state index in [1.807, 2.05) is 45.0 Å². The van der Waals surface area contributed by atoms with E-state index in [-0.39, 0.29) is 12.0 Å². The first-order valence-electron chi connectivity index (χ1n) is 8.43. The Labute approximate surface area is 154 Å². The minimum Gasteiger partial charge on any atom is -0.491 e. The van der Waals surface area contributed by atoms with Gasteiger partial charge in [-0.2, -0.15) is 0 Å². The molecule has 0 fully saturated rings. The van der Waals surface area contributed by atoms with Crippen molar-refractivity contribution in [1.82, 2.24) is 5.32 Å². The van der Waals surface area contributed by atoms with Gasteiger partial charge in [0.2, 0.25) is 0 Å². The molecule has 2 aromatic carbocycles. The van der Waals surface area contributed by atoms with E-state index >= 15 is 0 Å². The maximum absolute atomic E-state index is 12.4. The van der Waals surface area contributed by atoms with Crippen LogP contribution in [0.5, 0.6) is 11.5 Å². The third-order valence-electron chi connectivity index (χ3n) is 3.50. The van der Waals surface area contributed by atoms with Crippen molar-refractivity contribution in [1.29, 1.82) is 0 Å². The highest BCUT2D eigenvalue weighted by Gasteiger charge is 2.18. The number of hydrogen-bond acceptors (Lipinski definition) is 3. The SMILES string of the molecule is CC[C@H](Oc1cccc(Cl)c1)C(=O)NCc1ccc(OC(C)C)cc1. The number of halogens is 1. The summed E-state index contributed by atoms with van der Waals surface area (Å²) in [6.45, 7) is 6.32. The van der Waals surface area contributed by atoms with Crippen LogP contribution in [0.4, 0.5) is 0 Å². The number of rotatable bonds is 8. The highest BCUT2D eigenvalue weighted by Crippen LogP contribution is 2.19. The Morgan fingerprint density at radius 3 is 2.40 bits per heavy atom. The molecule has 4 nitrogen and oxygen atoms in total. The number of benzene rings is 2. The second-order valence-electron chi connectivity index (χ2n) is 6.00. The lowest BCUT2D eigenvalue weighted by atomic mass is 10.2. The van der Waals surface area contributed by atoms with Crippen molar-refractivity contribution in [2.24, 2.45) is 0 Å². The van der Waals surface area contributed by atoms with E-state index in [0.717, 1.165) is 11.3 Å². The highest BCUT2D eigenvalue weighted by molar-refractivity contribution is 6.30. The Kier molecular flexibility index (Phi) is 7.14. The number of amides is 1. The van der Waals surface area contributed by atoms with Gasteiger partial charge < -0.3 is 14.8 Å². The van der Waals surface area contributed by atoms with Crippen LogP contribution in [-0.2, 0) is 11.3 Å². The van der Waals surface area contributed by atoms with Crippen LogP contribution in [0, 0.1) is 0 Å². The Balaban J connectivity index is 1.89. The number of hydrogen-bond donors (Lipinski definition) is 1. The topological polar surface area (TPSA) is 47.6 Å². The number of ether oxygens (including phenoxy) is 2. The molecule has 0 aliphatic carbocycles. The third kappa shape index (κ3) is 6.31. The fourth-order valence-electron chi connectivity index (χ4n) is 2.29. The lowest BCUT2D eigenvalue weighted by Gasteiger charge is -2.17. The zero-order chi connectivity index (χ0) is 18.2. The molecule has 0 aromatic heterocycles. The van der Waals surface area contributed by atoms with Crippen LogP contribution in [0.25, 0.3) is 0 Å². The molecular formula is C20H24ClNO3. The first-order valence-corrected chi connectivity index (χ1v) is 8.81. The van der Waals surface area contributed by atoms with Crippen molar-refractivity contribution in [2.75, 3.05) is 0 Å². The first kappa shape index (κ1) is 19.1. The van der Waals surface area contributed by atoms with E-state index in [0.29, 0.717) is 23.7 Å². The molecule has 1 atom stereocenters. The molecule has 0 unspecified atom stereocenters. The Bertz CT molecular complexity index is 686. The monoisotopic (exact) mass is 361 g/mol. The Hall–Kier alpha value is -2.20. The summed E-state index contributed by atoms with van der Waals surface area (Å²) in [7, 11) is 0. The van der Waals surface area contributed by atoms with Crippen LogP contribution in [0.1, 0.15) is 32.8 Å². The molecule has 1 N–H and O–H groups in total. The standard InChI is InChI=1S/C20H24ClNO3/c1-4-19(25-18-7-5-6-16(21)12-18)20(23)22-13-15-8-10-17(11-9-15)24-14(2)3/h5-12,14,19H,4,13H2,1-3H3,(H,22,23)/t19-/m0/s1. The summed E-state index contributed by atoms with van der Waals surface area (Å²) in [5, 5.41) is 3.49. The van der Waals surface area contributed by atoms with Crippen LogP contribution in [0.2, 0.25) is 5.02 Å². The molecular weight excluding hydrogens is 338 g/mol. The van der Waals surface area contributed by atoms with E-state index in [4.69, 9.17) is 21.1 Å². The molecule has 0 saturated heterocycles. The van der Waals surface area contributed by atoms with Gasteiger partial charge in [0.25, 0.3) is 5.91 Å². The molecule has 134 valence electrons. The predicted molar refractivity (Wildman–Crippen MR) is 100 cm³/mol. The maximum Gasteiger partial charge on any atom is 0.261 e. The number of carbonyl (C=O) groups is 1. The van der Waals surface area contributed by atoms with Gasteiger partial charge in [0.05, 0.1) is 6.10 Å². The van der Waals surface area contributed by atoms with Crippen molar-refractivity contribution in [3.05, 3.63) is 59.1 Å². The van der Waals surface area contributed by atoms with Crippen LogP contribution < -0.4 is 14.8 Å². The van der Waals surface area contributed by atoms with Gasteiger partial charge >= 0.3 is 0 Å². The summed E-state index contributed by atoms with van der Waals surface area (Å²) in [6.07, 6.45) is 0.154. The van der Waals surface area contributed by atoms with Gasteiger partial charge in [0.1, 0.15) is 11.5 Å². The van der Waals surface area contributed by atoms with Crippen molar-refractivity contribution < 1.29 is 14.3 Å². The van der Waals surface area contributed by atoms with Gasteiger partial charge in [-0.05, 0) is 56.2 Å². The van der Waals surface area contributed by atoms with Crippen LogP contribution >= 0.6 is 11.6 Å². The van der Waals surface area contributed by atoms with Gasteiger partial charge in [0, 0.05) is 11.6 Å². The van der Waals surface area contributed by atoms with Gasteiger partial charge in [0.15, 0.2) is 6.10 Å². The fourth-order valence-corrected chi connectivity index (χ4v) is 2.47. The van der Waals surface area contributed by atoms with E-state index in [2.05, 4.69) is 5.32 Å². The zero-order valence-electron chi connectivity index (χ0n) is 14.8. The molecule has 0 heterocycles. The lowest BCUT2D eigenvalue weighted by molar-refractivity contribution is -0.128. The minimum absolute atomic E-state index is 0.138. The molecule has 2 rings (SSSR count). The summed E-state index contributed by atoms with van der Waals surface area (Å²) in [6, 6.07) is 14.7. The molecule has 0 saturated carbocycles. The molecule has 0 spiro atoms. The number of nitrogens with one attached hydrogen (secondary N) is 1. The summed E-state index contributed by atoms with van der Waals surface area (Å²) < 4.78 is 11.3. The number of carbonyl (C=O) groups excluding carboxylic acids is 1. The molecule has 5 heteroatoms. The average molecular weight is 362 g/mol. The van der Waals surface area contributed by atoms with E-state index in [9.17, 15) is 4.79 Å². The minimum atomic E-state index is -0.554. The smallest absolute Gasteiger partial charge is 0.261 e. The van der Waals surface area contributed by atoms with Gasteiger partial charge in [-0.1, -0.05) is 36.7 Å². The largest absolute Gasteiger partial charge is 0.491 e. The normalized spacial score (nSPS) is 11.9. The van der Waals surface area contributed by atoms with Gasteiger partial charge in [-0.3, -0.25) is 4.79 Å². The quantitative estimate of drug-likeness (QED) is 0.747. The second kappa shape index (κ2) is 9.33. The van der Waals surface area contributed by atoms with Crippen LogP contribution in [0.15, 0.2) is 48.5 Å². The van der Waals surface area contributed by atoms with E-state index < -0.39 is 6.10 Å². The molecule has 0 radical (unpaired) electrons. The fraction of sp³-hybridized carbons (Fsp3) is 0.350. The average Bonchev–Trinajstić information content (AvgIpc) is 2.58. The van der Waals surface area contributed by atoms with E-state index in [1.54, 1.807) is 24.3 Å². The van der Waals surface area contributed by atoms with Crippen molar-refractivity contribution in [2.45, 2.75) is 45.9 Å². The lowest BCUT2D eigenvalue weighted by Crippen LogP contribution is -2.37. The highest BCUT2D eigenvalue weighted by atomic mass is 35.5. The van der Waals surface area contributed by atoms with Crippen LogP contribution in [0.3, 0.4) is 0 Å². The maximum atomic E-state index is 12.4. The first-order chi connectivity index (χ1) is 12.0. The van der Waals surface area contributed by atoms with Gasteiger partial charge in [-0.25, -0.2) is 0 Å².